The maximum Gasteiger partial charge on any atom is 0.160 e. The first-order chi connectivity index (χ1) is 24.8. The molecule has 0 saturated carbocycles. The highest BCUT2D eigenvalue weighted by Gasteiger charge is 2.15. The van der Waals surface area contributed by atoms with E-state index < -0.39 is 0 Å². The first kappa shape index (κ1) is 29.7. The Balaban J connectivity index is 1.12. The molecule has 0 spiro atoms. The maximum atomic E-state index is 5.15. The summed E-state index contributed by atoms with van der Waals surface area (Å²) in [5.74, 6) is 1.00. The van der Waals surface area contributed by atoms with Crippen molar-refractivity contribution in [1.82, 2.24) is 9.97 Å². The van der Waals surface area contributed by atoms with Crippen molar-refractivity contribution < 1.29 is 0 Å². The van der Waals surface area contributed by atoms with Gasteiger partial charge in [-0.3, -0.25) is 4.99 Å². The van der Waals surface area contributed by atoms with Crippen molar-refractivity contribution in [3.05, 3.63) is 182 Å². The van der Waals surface area contributed by atoms with E-state index in [9.17, 15) is 0 Å². The summed E-state index contributed by atoms with van der Waals surface area (Å²) < 4.78 is 0. The molecular weight excluding hydrogens is 607 g/mol. The molecule has 3 nitrogen and oxygen atoms in total. The zero-order chi connectivity index (χ0) is 33.3. The minimum absolute atomic E-state index is 0.298. The third kappa shape index (κ3) is 5.69. The van der Waals surface area contributed by atoms with Crippen molar-refractivity contribution >= 4 is 27.8 Å². The first-order valence-electron chi connectivity index (χ1n) is 17.1. The van der Waals surface area contributed by atoms with E-state index in [0.29, 0.717) is 11.7 Å². The summed E-state index contributed by atoms with van der Waals surface area (Å²) >= 11 is 0. The van der Waals surface area contributed by atoms with Gasteiger partial charge >= 0.3 is 0 Å². The van der Waals surface area contributed by atoms with Crippen LogP contribution in [0.25, 0.3) is 77.7 Å². The quantitative estimate of drug-likeness (QED) is 0.170. The lowest BCUT2D eigenvalue weighted by Gasteiger charge is -2.14. The zero-order valence-corrected chi connectivity index (χ0v) is 27.4. The van der Waals surface area contributed by atoms with Crippen LogP contribution in [0.2, 0.25) is 0 Å². The Morgan fingerprint density at radius 3 is 1.70 bits per heavy atom. The van der Waals surface area contributed by atoms with E-state index in [1.165, 1.54) is 49.4 Å². The van der Waals surface area contributed by atoms with Crippen LogP contribution < -0.4 is 0 Å². The van der Waals surface area contributed by atoms with Gasteiger partial charge in [-0.1, -0.05) is 158 Å². The van der Waals surface area contributed by atoms with Crippen LogP contribution in [0, 0.1) is 0 Å². The average molecular weight is 640 g/mol. The Hall–Kier alpha value is -6.45. The molecule has 9 rings (SSSR count). The summed E-state index contributed by atoms with van der Waals surface area (Å²) in [4.78, 5) is 14.6. The largest absolute Gasteiger partial charge is 0.269 e. The SMILES string of the molecule is C1=CN=CC(c2ccc(-c3cc(-c4ccc(-c5cc6ccccc6c6ccccc56)cc4)nc(-c4ccc(-c5ccccc5)cc4)n3)cc2)C1. The van der Waals surface area contributed by atoms with Crippen molar-refractivity contribution in [1.29, 1.82) is 0 Å². The molecule has 0 amide bonds. The molecule has 50 heavy (non-hydrogen) atoms. The second kappa shape index (κ2) is 12.9. The Morgan fingerprint density at radius 1 is 0.440 bits per heavy atom. The van der Waals surface area contributed by atoms with Gasteiger partial charge in [-0.15, -0.1) is 0 Å². The lowest BCUT2D eigenvalue weighted by atomic mass is 9.92. The van der Waals surface area contributed by atoms with Crippen LogP contribution >= 0.6 is 0 Å². The predicted molar refractivity (Wildman–Crippen MR) is 209 cm³/mol. The fourth-order valence-electron chi connectivity index (χ4n) is 7.03. The van der Waals surface area contributed by atoms with Crippen LogP contribution in [0.4, 0.5) is 0 Å². The fraction of sp³-hybridized carbons (Fsp3) is 0.0426. The number of rotatable bonds is 6. The summed E-state index contributed by atoms with van der Waals surface area (Å²) in [7, 11) is 0. The summed E-state index contributed by atoms with van der Waals surface area (Å²) in [5.41, 5.74) is 10.9. The number of benzene rings is 7. The Labute approximate surface area is 292 Å². The Morgan fingerprint density at radius 2 is 1.00 bits per heavy atom. The number of hydrogen-bond acceptors (Lipinski definition) is 3. The van der Waals surface area contributed by atoms with Gasteiger partial charge in [-0.05, 0) is 67.9 Å². The lowest BCUT2D eigenvalue weighted by Crippen LogP contribution is -2.01. The standard InChI is InChI=1S/C47H33N3/c1-2-9-32(10-3-1)33-18-26-38(27-19-33)47-49-45(36-22-16-34(17-23-36)40-12-8-28-48-31-40)30-46(50-47)37-24-20-35(21-25-37)44-29-39-11-4-5-13-41(39)42-14-6-7-15-43(42)44/h1-11,13-31,40H,12H2. The summed E-state index contributed by atoms with van der Waals surface area (Å²) in [5, 5.41) is 5.04. The third-order valence-electron chi connectivity index (χ3n) is 9.72. The molecule has 8 aromatic rings. The molecule has 1 aliphatic heterocycles. The van der Waals surface area contributed by atoms with E-state index in [4.69, 9.17) is 9.97 Å². The highest BCUT2D eigenvalue weighted by Crippen LogP contribution is 2.36. The van der Waals surface area contributed by atoms with Crippen LogP contribution in [0.15, 0.2) is 181 Å². The van der Waals surface area contributed by atoms with E-state index in [2.05, 4.69) is 169 Å². The molecule has 3 heteroatoms. The van der Waals surface area contributed by atoms with Crippen molar-refractivity contribution in [3.63, 3.8) is 0 Å². The average Bonchev–Trinajstić information content (AvgIpc) is 3.21. The molecular formula is C47H33N3. The number of nitrogens with zero attached hydrogens (tertiary/aromatic N) is 3. The molecule has 0 fully saturated rings. The molecule has 0 radical (unpaired) electrons. The van der Waals surface area contributed by atoms with E-state index in [1.54, 1.807) is 0 Å². The van der Waals surface area contributed by atoms with E-state index in [-0.39, 0.29) is 0 Å². The molecule has 0 aliphatic carbocycles. The summed E-state index contributed by atoms with van der Waals surface area (Å²) in [6, 6.07) is 58.3. The van der Waals surface area contributed by atoms with Crippen LogP contribution in [-0.4, -0.2) is 16.2 Å². The third-order valence-corrected chi connectivity index (χ3v) is 9.72. The molecule has 1 unspecified atom stereocenters. The Kier molecular flexibility index (Phi) is 7.64. The van der Waals surface area contributed by atoms with Crippen molar-refractivity contribution in [3.8, 4) is 56.2 Å². The van der Waals surface area contributed by atoms with E-state index >= 15 is 0 Å². The first-order valence-corrected chi connectivity index (χ1v) is 17.1. The smallest absolute Gasteiger partial charge is 0.160 e. The van der Waals surface area contributed by atoms with Gasteiger partial charge in [0.15, 0.2) is 5.82 Å². The van der Waals surface area contributed by atoms with Gasteiger partial charge < -0.3 is 0 Å². The number of allylic oxidation sites excluding steroid dienone is 1. The molecule has 0 N–H and O–H groups in total. The second-order valence-electron chi connectivity index (χ2n) is 12.8. The number of aliphatic imine (C=N–C) groups is 1. The van der Waals surface area contributed by atoms with Gasteiger partial charge in [-0.2, -0.15) is 0 Å². The molecule has 0 bridgehead atoms. The highest BCUT2D eigenvalue weighted by atomic mass is 14.9. The van der Waals surface area contributed by atoms with Gasteiger partial charge in [0.25, 0.3) is 0 Å². The van der Waals surface area contributed by atoms with Crippen LogP contribution in [-0.2, 0) is 0 Å². The summed E-state index contributed by atoms with van der Waals surface area (Å²) in [6.45, 7) is 0. The van der Waals surface area contributed by atoms with Crippen LogP contribution in [0.5, 0.6) is 0 Å². The number of fused-ring (bicyclic) bond motifs is 3. The molecule has 0 saturated heterocycles. The minimum atomic E-state index is 0.298. The van der Waals surface area contributed by atoms with Gasteiger partial charge in [0.05, 0.1) is 11.4 Å². The Bertz CT molecular complexity index is 2530. The van der Waals surface area contributed by atoms with Crippen molar-refractivity contribution in [2.24, 2.45) is 4.99 Å². The number of aromatic nitrogens is 2. The van der Waals surface area contributed by atoms with Gasteiger partial charge in [0, 0.05) is 35.0 Å². The zero-order valence-electron chi connectivity index (χ0n) is 27.4. The highest BCUT2D eigenvalue weighted by molar-refractivity contribution is 6.13. The lowest BCUT2D eigenvalue weighted by molar-refractivity contribution is 0.909. The maximum absolute atomic E-state index is 5.15. The second-order valence-corrected chi connectivity index (χ2v) is 12.8. The van der Waals surface area contributed by atoms with Crippen molar-refractivity contribution in [2.45, 2.75) is 12.3 Å². The van der Waals surface area contributed by atoms with Gasteiger partial charge in [0.2, 0.25) is 0 Å². The fourth-order valence-corrected chi connectivity index (χ4v) is 7.03. The normalized spacial score (nSPS) is 14.0. The minimum Gasteiger partial charge on any atom is -0.269 e. The number of hydrogen-bond donors (Lipinski definition) is 0. The molecule has 1 aliphatic rings. The monoisotopic (exact) mass is 639 g/mol. The van der Waals surface area contributed by atoms with Crippen LogP contribution in [0.3, 0.4) is 0 Å². The summed E-state index contributed by atoms with van der Waals surface area (Å²) in [6.07, 6.45) is 6.99. The van der Waals surface area contributed by atoms with Gasteiger partial charge in [-0.25, -0.2) is 9.97 Å². The van der Waals surface area contributed by atoms with E-state index in [0.717, 1.165) is 34.5 Å². The topological polar surface area (TPSA) is 38.1 Å². The van der Waals surface area contributed by atoms with E-state index in [1.807, 2.05) is 18.5 Å². The molecule has 1 aromatic heterocycles. The molecule has 1 atom stereocenters. The molecule has 236 valence electrons. The van der Waals surface area contributed by atoms with Crippen molar-refractivity contribution in [2.75, 3.05) is 0 Å². The molecule has 2 heterocycles. The van der Waals surface area contributed by atoms with Gasteiger partial charge in [0.1, 0.15) is 0 Å². The van der Waals surface area contributed by atoms with Crippen LogP contribution in [0.1, 0.15) is 17.9 Å². The molecule has 7 aromatic carbocycles. The predicted octanol–water partition coefficient (Wildman–Crippen LogP) is 12.2.